The normalized spacial score (nSPS) is 14.0. The number of fused-ring (bicyclic) bond motifs is 1. The van der Waals surface area contributed by atoms with E-state index in [2.05, 4.69) is 37.7 Å². The van der Waals surface area contributed by atoms with Gasteiger partial charge in [0, 0.05) is 18.5 Å². The molecule has 0 unspecified atom stereocenters. The summed E-state index contributed by atoms with van der Waals surface area (Å²) in [7, 11) is 0. The molecular weight excluding hydrogens is 348 g/mol. The average Bonchev–Trinajstić information content (AvgIpc) is 2.69. The first-order chi connectivity index (χ1) is 13.1. The molecule has 0 saturated heterocycles. The molecule has 0 spiro atoms. The van der Waals surface area contributed by atoms with Crippen LogP contribution in [0.2, 0.25) is 0 Å². The van der Waals surface area contributed by atoms with Crippen LogP contribution >= 0.6 is 0 Å². The van der Waals surface area contributed by atoms with Crippen molar-refractivity contribution in [2.24, 2.45) is 32.3 Å². The van der Waals surface area contributed by atoms with Gasteiger partial charge in [0.1, 0.15) is 0 Å². The van der Waals surface area contributed by atoms with E-state index in [-0.39, 0.29) is 10.8 Å². The van der Waals surface area contributed by atoms with Crippen molar-refractivity contribution in [3.8, 4) is 0 Å². The minimum atomic E-state index is -0.0194. The fourth-order valence-electron chi connectivity index (χ4n) is 2.36. The standard InChI is InChI=1S/C22H34N6/c1-15(25-13-21(3,4)11-23)18-9-7-17-8-10-19(28-20(17)27-18)16(2)26-14-22(5,6)12-24/h7-10H,11-14,23-24H2,1-6H3. The van der Waals surface area contributed by atoms with Gasteiger partial charge in [-0.25, -0.2) is 9.97 Å². The van der Waals surface area contributed by atoms with Gasteiger partial charge in [-0.15, -0.1) is 0 Å². The zero-order valence-electron chi connectivity index (χ0n) is 18.1. The van der Waals surface area contributed by atoms with E-state index in [1.807, 2.05) is 38.1 Å². The maximum Gasteiger partial charge on any atom is 0.160 e. The van der Waals surface area contributed by atoms with Crippen molar-refractivity contribution in [2.45, 2.75) is 41.5 Å². The summed E-state index contributed by atoms with van der Waals surface area (Å²) in [4.78, 5) is 18.8. The highest BCUT2D eigenvalue weighted by Gasteiger charge is 2.16. The highest BCUT2D eigenvalue weighted by Crippen LogP contribution is 2.17. The number of aromatic nitrogens is 2. The highest BCUT2D eigenvalue weighted by atomic mass is 14.9. The van der Waals surface area contributed by atoms with Crippen molar-refractivity contribution in [2.75, 3.05) is 26.2 Å². The van der Waals surface area contributed by atoms with Crippen LogP contribution in [0.5, 0.6) is 0 Å². The average molecular weight is 383 g/mol. The van der Waals surface area contributed by atoms with Crippen molar-refractivity contribution in [3.05, 3.63) is 35.7 Å². The lowest BCUT2D eigenvalue weighted by Gasteiger charge is -2.19. The Labute approximate surface area is 168 Å². The summed E-state index contributed by atoms with van der Waals surface area (Å²) < 4.78 is 0. The molecule has 0 aliphatic rings. The number of nitrogens with two attached hydrogens (primary N) is 2. The fourth-order valence-corrected chi connectivity index (χ4v) is 2.36. The third kappa shape index (κ3) is 5.91. The third-order valence-electron chi connectivity index (χ3n) is 4.89. The second kappa shape index (κ2) is 8.88. The van der Waals surface area contributed by atoms with Crippen molar-refractivity contribution in [3.63, 3.8) is 0 Å². The van der Waals surface area contributed by atoms with Gasteiger partial charge in [-0.3, -0.25) is 9.98 Å². The van der Waals surface area contributed by atoms with E-state index < -0.39 is 0 Å². The van der Waals surface area contributed by atoms with Gasteiger partial charge in [0.05, 0.1) is 22.8 Å². The number of nitrogens with zero attached hydrogens (tertiary/aromatic N) is 4. The lowest BCUT2D eigenvalue weighted by Crippen LogP contribution is -2.27. The molecule has 0 atom stereocenters. The molecule has 2 rings (SSSR count). The van der Waals surface area contributed by atoms with E-state index in [0.717, 1.165) is 28.2 Å². The molecule has 0 aliphatic heterocycles. The number of hydrogen-bond donors (Lipinski definition) is 2. The van der Waals surface area contributed by atoms with E-state index in [0.29, 0.717) is 31.8 Å². The Morgan fingerprint density at radius 3 is 1.54 bits per heavy atom. The van der Waals surface area contributed by atoms with Crippen LogP contribution in [0.1, 0.15) is 52.9 Å². The number of pyridine rings is 2. The summed E-state index contributed by atoms with van der Waals surface area (Å²) in [5, 5.41) is 0.998. The lowest BCUT2D eigenvalue weighted by atomic mass is 9.94. The number of hydrogen-bond acceptors (Lipinski definition) is 6. The largest absolute Gasteiger partial charge is 0.330 e. The quantitative estimate of drug-likeness (QED) is 0.684. The van der Waals surface area contributed by atoms with Gasteiger partial charge in [-0.2, -0.15) is 0 Å². The Kier molecular flexibility index (Phi) is 7.01. The molecule has 0 amide bonds. The maximum atomic E-state index is 5.80. The third-order valence-corrected chi connectivity index (χ3v) is 4.89. The molecule has 2 aromatic rings. The fraction of sp³-hybridized carbons (Fsp3) is 0.545. The molecule has 152 valence electrons. The van der Waals surface area contributed by atoms with Gasteiger partial charge < -0.3 is 11.5 Å². The summed E-state index contributed by atoms with van der Waals surface area (Å²) >= 11 is 0. The summed E-state index contributed by atoms with van der Waals surface area (Å²) in [6, 6.07) is 8.04. The summed E-state index contributed by atoms with van der Waals surface area (Å²) in [5.41, 5.74) is 15.7. The number of rotatable bonds is 8. The van der Waals surface area contributed by atoms with Crippen molar-refractivity contribution >= 4 is 22.5 Å². The minimum Gasteiger partial charge on any atom is -0.330 e. The van der Waals surface area contributed by atoms with Crippen molar-refractivity contribution in [1.29, 1.82) is 0 Å². The van der Waals surface area contributed by atoms with E-state index >= 15 is 0 Å². The topological polar surface area (TPSA) is 103 Å². The molecule has 2 aromatic heterocycles. The van der Waals surface area contributed by atoms with E-state index in [9.17, 15) is 0 Å². The molecule has 0 aromatic carbocycles. The maximum absolute atomic E-state index is 5.80. The van der Waals surface area contributed by atoms with Crippen LogP contribution in [0.15, 0.2) is 34.3 Å². The van der Waals surface area contributed by atoms with Gasteiger partial charge >= 0.3 is 0 Å². The molecule has 6 nitrogen and oxygen atoms in total. The second-order valence-corrected chi connectivity index (χ2v) is 8.98. The van der Waals surface area contributed by atoms with Crippen LogP contribution in [-0.4, -0.2) is 47.6 Å². The van der Waals surface area contributed by atoms with Gasteiger partial charge in [0.2, 0.25) is 0 Å². The Bertz CT molecular complexity index is 811. The molecular formula is C22H34N6. The van der Waals surface area contributed by atoms with Crippen LogP contribution in [-0.2, 0) is 0 Å². The molecule has 6 heteroatoms. The van der Waals surface area contributed by atoms with Gasteiger partial charge in [-0.05, 0) is 62.0 Å². The van der Waals surface area contributed by atoms with E-state index in [1.54, 1.807) is 0 Å². The van der Waals surface area contributed by atoms with E-state index in [4.69, 9.17) is 21.4 Å². The van der Waals surface area contributed by atoms with Gasteiger partial charge in [0.25, 0.3) is 0 Å². The van der Waals surface area contributed by atoms with Crippen LogP contribution in [0.4, 0.5) is 0 Å². The summed E-state index contributed by atoms with van der Waals surface area (Å²) in [6.45, 7) is 14.9. The Hall–Kier alpha value is -2.18. The van der Waals surface area contributed by atoms with Crippen LogP contribution < -0.4 is 11.5 Å². The van der Waals surface area contributed by atoms with E-state index in [1.165, 1.54) is 0 Å². The molecule has 28 heavy (non-hydrogen) atoms. The minimum absolute atomic E-state index is 0.0194. The zero-order valence-corrected chi connectivity index (χ0v) is 18.1. The molecule has 0 fully saturated rings. The first-order valence-corrected chi connectivity index (χ1v) is 9.78. The molecule has 0 saturated carbocycles. The first-order valence-electron chi connectivity index (χ1n) is 9.78. The van der Waals surface area contributed by atoms with Gasteiger partial charge in [0.15, 0.2) is 5.65 Å². The molecule has 4 N–H and O–H groups in total. The predicted molar refractivity (Wildman–Crippen MR) is 119 cm³/mol. The van der Waals surface area contributed by atoms with Gasteiger partial charge in [-0.1, -0.05) is 27.7 Å². The predicted octanol–water partition coefficient (Wildman–Crippen LogP) is 3.22. The lowest BCUT2D eigenvalue weighted by molar-refractivity contribution is 0.394. The van der Waals surface area contributed by atoms with Crippen LogP contribution in [0.3, 0.4) is 0 Å². The monoisotopic (exact) mass is 382 g/mol. The zero-order chi connectivity index (χ0) is 20.9. The summed E-state index contributed by atoms with van der Waals surface area (Å²) in [5.74, 6) is 0. The first kappa shape index (κ1) is 22.1. The number of aliphatic imine (C=N–C) groups is 2. The smallest absolute Gasteiger partial charge is 0.160 e. The van der Waals surface area contributed by atoms with Crippen LogP contribution in [0, 0.1) is 10.8 Å². The molecule has 0 radical (unpaired) electrons. The van der Waals surface area contributed by atoms with Crippen molar-refractivity contribution < 1.29 is 0 Å². The molecule has 0 aliphatic carbocycles. The second-order valence-electron chi connectivity index (χ2n) is 8.98. The highest BCUT2D eigenvalue weighted by molar-refractivity contribution is 6.00. The van der Waals surface area contributed by atoms with Crippen LogP contribution in [0.25, 0.3) is 11.0 Å². The Morgan fingerprint density at radius 1 is 0.786 bits per heavy atom. The Morgan fingerprint density at radius 2 is 1.18 bits per heavy atom. The summed E-state index contributed by atoms with van der Waals surface area (Å²) in [6.07, 6.45) is 0. The Balaban J connectivity index is 2.30. The molecule has 0 bridgehead atoms. The van der Waals surface area contributed by atoms with Crippen molar-refractivity contribution in [1.82, 2.24) is 9.97 Å². The molecule has 2 heterocycles. The SMILES string of the molecule is CC(=NCC(C)(C)CN)c1ccc2ccc(C(C)=NCC(C)(C)CN)nc2n1.